The number of esters is 1. The molecule has 0 aliphatic rings. The third-order valence-corrected chi connectivity index (χ3v) is 3.71. The van der Waals surface area contributed by atoms with Gasteiger partial charge in [0.05, 0.1) is 19.8 Å². The lowest BCUT2D eigenvalue weighted by Gasteiger charge is -2.12. The fourth-order valence-electron chi connectivity index (χ4n) is 1.85. The van der Waals surface area contributed by atoms with Crippen LogP contribution in [0.3, 0.4) is 0 Å². The standard InChI is InChI=1S/C16H14BrFO4/c1-20-14-7-11(13(17)8-15(14)21-2)9-22-16(19)10-4-3-5-12(18)6-10/h3-8H,9H2,1-2H3. The van der Waals surface area contributed by atoms with Gasteiger partial charge in [0.2, 0.25) is 0 Å². The van der Waals surface area contributed by atoms with Gasteiger partial charge in [0.1, 0.15) is 12.4 Å². The highest BCUT2D eigenvalue weighted by molar-refractivity contribution is 9.10. The molecule has 0 heterocycles. The summed E-state index contributed by atoms with van der Waals surface area (Å²) in [5.74, 6) is 0.0139. The zero-order valence-electron chi connectivity index (χ0n) is 12.1. The van der Waals surface area contributed by atoms with Crippen molar-refractivity contribution in [2.45, 2.75) is 6.61 Å². The van der Waals surface area contributed by atoms with Crippen molar-refractivity contribution in [3.05, 3.63) is 57.8 Å². The van der Waals surface area contributed by atoms with Gasteiger partial charge >= 0.3 is 5.97 Å². The van der Waals surface area contributed by atoms with Crippen molar-refractivity contribution in [1.29, 1.82) is 0 Å². The zero-order chi connectivity index (χ0) is 16.1. The van der Waals surface area contributed by atoms with E-state index >= 15 is 0 Å². The molecular weight excluding hydrogens is 355 g/mol. The maximum atomic E-state index is 13.1. The molecule has 22 heavy (non-hydrogen) atoms. The summed E-state index contributed by atoms with van der Waals surface area (Å²) in [4.78, 5) is 11.9. The summed E-state index contributed by atoms with van der Waals surface area (Å²) in [6.45, 7) is 0.0241. The maximum absolute atomic E-state index is 13.1. The van der Waals surface area contributed by atoms with Crippen LogP contribution >= 0.6 is 15.9 Å². The number of ether oxygens (including phenoxy) is 3. The van der Waals surface area contributed by atoms with Gasteiger partial charge in [-0.05, 0) is 30.3 Å². The minimum atomic E-state index is -0.596. The van der Waals surface area contributed by atoms with Crippen LogP contribution in [0, 0.1) is 5.82 Å². The second-order valence-electron chi connectivity index (χ2n) is 4.39. The third-order valence-electron chi connectivity index (χ3n) is 2.97. The minimum Gasteiger partial charge on any atom is -0.493 e. The number of halogens is 2. The van der Waals surface area contributed by atoms with E-state index in [0.717, 1.165) is 10.5 Å². The summed E-state index contributed by atoms with van der Waals surface area (Å²) >= 11 is 3.38. The van der Waals surface area contributed by atoms with Crippen LogP contribution in [0.1, 0.15) is 15.9 Å². The van der Waals surface area contributed by atoms with E-state index in [1.807, 2.05) is 0 Å². The molecule has 0 aliphatic heterocycles. The molecule has 0 N–H and O–H groups in total. The summed E-state index contributed by atoms with van der Waals surface area (Å²) in [6, 6.07) is 8.78. The van der Waals surface area contributed by atoms with E-state index in [9.17, 15) is 9.18 Å². The molecule has 0 amide bonds. The van der Waals surface area contributed by atoms with E-state index < -0.39 is 11.8 Å². The fraction of sp³-hybridized carbons (Fsp3) is 0.188. The highest BCUT2D eigenvalue weighted by atomic mass is 79.9. The molecule has 0 aliphatic carbocycles. The minimum absolute atomic E-state index is 0.0241. The molecule has 4 nitrogen and oxygen atoms in total. The Morgan fingerprint density at radius 3 is 2.45 bits per heavy atom. The van der Waals surface area contributed by atoms with Crippen LogP contribution in [0.25, 0.3) is 0 Å². The van der Waals surface area contributed by atoms with Crippen LogP contribution in [-0.4, -0.2) is 20.2 Å². The monoisotopic (exact) mass is 368 g/mol. The molecule has 2 aromatic carbocycles. The van der Waals surface area contributed by atoms with Crippen molar-refractivity contribution in [3.63, 3.8) is 0 Å². The molecule has 0 spiro atoms. The highest BCUT2D eigenvalue weighted by Gasteiger charge is 2.13. The van der Waals surface area contributed by atoms with E-state index in [0.29, 0.717) is 17.1 Å². The molecule has 0 atom stereocenters. The summed E-state index contributed by atoms with van der Waals surface area (Å²) in [6.07, 6.45) is 0. The predicted molar refractivity (Wildman–Crippen MR) is 82.8 cm³/mol. The molecule has 2 rings (SSSR count). The van der Waals surface area contributed by atoms with Crippen LogP contribution in [0.15, 0.2) is 40.9 Å². The number of methoxy groups -OCH3 is 2. The largest absolute Gasteiger partial charge is 0.493 e. The van der Waals surface area contributed by atoms with Crippen LogP contribution in [0.5, 0.6) is 11.5 Å². The third kappa shape index (κ3) is 3.76. The fourth-order valence-corrected chi connectivity index (χ4v) is 2.29. The van der Waals surface area contributed by atoms with Gasteiger partial charge in [-0.1, -0.05) is 22.0 Å². The van der Waals surface area contributed by atoms with Crippen molar-refractivity contribution >= 4 is 21.9 Å². The van der Waals surface area contributed by atoms with Gasteiger partial charge in [-0.2, -0.15) is 0 Å². The summed E-state index contributed by atoms with van der Waals surface area (Å²) < 4.78 is 29.4. The number of benzene rings is 2. The highest BCUT2D eigenvalue weighted by Crippen LogP contribution is 2.33. The average molecular weight is 369 g/mol. The zero-order valence-corrected chi connectivity index (χ0v) is 13.6. The normalized spacial score (nSPS) is 10.2. The van der Waals surface area contributed by atoms with Gasteiger partial charge in [-0.3, -0.25) is 0 Å². The number of hydrogen-bond acceptors (Lipinski definition) is 4. The van der Waals surface area contributed by atoms with Crippen molar-refractivity contribution in [3.8, 4) is 11.5 Å². The van der Waals surface area contributed by atoms with E-state index in [4.69, 9.17) is 14.2 Å². The maximum Gasteiger partial charge on any atom is 0.338 e. The Hall–Kier alpha value is -2.08. The van der Waals surface area contributed by atoms with E-state index in [-0.39, 0.29) is 12.2 Å². The van der Waals surface area contributed by atoms with E-state index in [1.54, 1.807) is 12.1 Å². The summed E-state index contributed by atoms with van der Waals surface area (Å²) in [5, 5.41) is 0. The lowest BCUT2D eigenvalue weighted by Crippen LogP contribution is -2.06. The average Bonchev–Trinajstić information content (AvgIpc) is 2.53. The second kappa shape index (κ2) is 7.26. The van der Waals surface area contributed by atoms with Gasteiger partial charge in [0.15, 0.2) is 11.5 Å². The molecule has 0 unspecified atom stereocenters. The van der Waals surface area contributed by atoms with Gasteiger partial charge in [-0.25, -0.2) is 9.18 Å². The molecule has 0 radical (unpaired) electrons. The van der Waals surface area contributed by atoms with E-state index in [1.165, 1.54) is 32.4 Å². The number of rotatable bonds is 5. The van der Waals surface area contributed by atoms with Crippen molar-refractivity contribution in [1.82, 2.24) is 0 Å². The lowest BCUT2D eigenvalue weighted by atomic mass is 10.2. The predicted octanol–water partition coefficient (Wildman–Crippen LogP) is 3.96. The van der Waals surface area contributed by atoms with Gasteiger partial charge in [0, 0.05) is 10.0 Å². The molecular formula is C16H14BrFO4. The van der Waals surface area contributed by atoms with Crippen LogP contribution in [0.2, 0.25) is 0 Å². The van der Waals surface area contributed by atoms with Gasteiger partial charge < -0.3 is 14.2 Å². The molecule has 2 aromatic rings. The Morgan fingerprint density at radius 2 is 1.82 bits per heavy atom. The Kier molecular flexibility index (Phi) is 5.38. The van der Waals surface area contributed by atoms with Gasteiger partial charge in [0.25, 0.3) is 0 Å². The summed E-state index contributed by atoms with van der Waals surface area (Å²) in [5.41, 5.74) is 0.874. The Labute approximate surface area is 135 Å². The number of hydrogen-bond donors (Lipinski definition) is 0. The van der Waals surface area contributed by atoms with Crippen molar-refractivity contribution < 1.29 is 23.4 Å². The number of carbonyl (C=O) groups excluding carboxylic acids is 1. The topological polar surface area (TPSA) is 44.8 Å². The molecule has 0 aromatic heterocycles. The molecule has 0 fully saturated rings. The molecule has 116 valence electrons. The van der Waals surface area contributed by atoms with Crippen molar-refractivity contribution in [2.75, 3.05) is 14.2 Å². The summed E-state index contributed by atoms with van der Waals surface area (Å²) in [7, 11) is 3.06. The van der Waals surface area contributed by atoms with Gasteiger partial charge in [-0.15, -0.1) is 0 Å². The molecule has 6 heteroatoms. The Morgan fingerprint density at radius 1 is 1.14 bits per heavy atom. The first kappa shape index (κ1) is 16.3. The van der Waals surface area contributed by atoms with Crippen LogP contribution in [-0.2, 0) is 11.3 Å². The quantitative estimate of drug-likeness (QED) is 0.749. The number of carbonyl (C=O) groups is 1. The lowest BCUT2D eigenvalue weighted by molar-refractivity contribution is 0.0471. The molecule has 0 bridgehead atoms. The molecule has 0 saturated heterocycles. The van der Waals surface area contributed by atoms with E-state index in [2.05, 4.69) is 15.9 Å². The smallest absolute Gasteiger partial charge is 0.338 e. The molecule has 0 saturated carbocycles. The van der Waals surface area contributed by atoms with Crippen LogP contribution in [0.4, 0.5) is 4.39 Å². The second-order valence-corrected chi connectivity index (χ2v) is 5.24. The first-order valence-corrected chi connectivity index (χ1v) is 7.17. The SMILES string of the molecule is COc1cc(Br)c(COC(=O)c2cccc(F)c2)cc1OC. The Balaban J connectivity index is 2.13. The first-order chi connectivity index (χ1) is 10.5. The van der Waals surface area contributed by atoms with Crippen molar-refractivity contribution in [2.24, 2.45) is 0 Å². The first-order valence-electron chi connectivity index (χ1n) is 6.38. The van der Waals surface area contributed by atoms with Crippen LogP contribution < -0.4 is 9.47 Å². The Bertz CT molecular complexity index is 688.